The van der Waals surface area contributed by atoms with Gasteiger partial charge in [-0.25, -0.2) is 0 Å². The highest BCUT2D eigenvalue weighted by Crippen LogP contribution is 2.21. The Labute approximate surface area is 138 Å². The molecule has 5 nitrogen and oxygen atoms in total. The molecule has 1 aliphatic rings. The van der Waals surface area contributed by atoms with E-state index in [2.05, 4.69) is 22.8 Å². The third-order valence-corrected chi connectivity index (χ3v) is 3.85. The van der Waals surface area contributed by atoms with Gasteiger partial charge in [0.1, 0.15) is 5.75 Å². The molecule has 1 aliphatic heterocycles. The van der Waals surface area contributed by atoms with Gasteiger partial charge in [0.2, 0.25) is 0 Å². The molecule has 2 unspecified atom stereocenters. The number of hydrogen-bond acceptors (Lipinski definition) is 5. The van der Waals surface area contributed by atoms with Gasteiger partial charge in [-0.1, -0.05) is 6.07 Å². The second kappa shape index (κ2) is 10.0. The molecule has 1 saturated heterocycles. The normalized spacial score (nSPS) is 20.7. The standard InChI is InChI=1S/C16H26N2O3.ClH/c1-3-21-11-13-6-12(4-5-16(13)20-2)7-17-8-14-9-18-10-15(14)19;/h4-6,14-15,17-19H,3,7-11H2,1-2H3;1H. The molecular formula is C16H27ClN2O3. The predicted octanol–water partition coefficient (Wildman–Crippen LogP) is 1.32. The summed E-state index contributed by atoms with van der Waals surface area (Å²) in [7, 11) is 1.68. The number of rotatable bonds is 8. The van der Waals surface area contributed by atoms with Crippen molar-refractivity contribution in [3.05, 3.63) is 29.3 Å². The van der Waals surface area contributed by atoms with Crippen molar-refractivity contribution < 1.29 is 14.6 Å². The minimum Gasteiger partial charge on any atom is -0.496 e. The molecule has 22 heavy (non-hydrogen) atoms. The van der Waals surface area contributed by atoms with Crippen LogP contribution in [-0.2, 0) is 17.9 Å². The molecule has 0 amide bonds. The Morgan fingerprint density at radius 1 is 1.36 bits per heavy atom. The van der Waals surface area contributed by atoms with Crippen molar-refractivity contribution in [3.63, 3.8) is 0 Å². The Kier molecular flexibility index (Phi) is 8.75. The lowest BCUT2D eigenvalue weighted by atomic mass is 10.1. The van der Waals surface area contributed by atoms with E-state index in [0.29, 0.717) is 25.7 Å². The van der Waals surface area contributed by atoms with Crippen molar-refractivity contribution in [1.82, 2.24) is 10.6 Å². The molecule has 0 aliphatic carbocycles. The largest absolute Gasteiger partial charge is 0.496 e. The molecule has 6 heteroatoms. The second-order valence-electron chi connectivity index (χ2n) is 5.40. The number of benzene rings is 1. The molecule has 2 atom stereocenters. The summed E-state index contributed by atoms with van der Waals surface area (Å²) in [6, 6.07) is 6.16. The zero-order chi connectivity index (χ0) is 15.1. The zero-order valence-electron chi connectivity index (χ0n) is 13.3. The molecule has 3 N–H and O–H groups in total. The maximum Gasteiger partial charge on any atom is 0.124 e. The summed E-state index contributed by atoms with van der Waals surface area (Å²) in [6.07, 6.45) is -0.234. The Balaban J connectivity index is 0.00000242. The van der Waals surface area contributed by atoms with Crippen molar-refractivity contribution in [3.8, 4) is 5.75 Å². The van der Waals surface area contributed by atoms with Gasteiger partial charge in [-0.2, -0.15) is 0 Å². The van der Waals surface area contributed by atoms with Crippen LogP contribution < -0.4 is 15.4 Å². The molecule has 0 saturated carbocycles. The van der Waals surface area contributed by atoms with Gasteiger partial charge in [0.25, 0.3) is 0 Å². The minimum absolute atomic E-state index is 0. The number of aliphatic hydroxyl groups excluding tert-OH is 1. The molecule has 2 rings (SSSR count). The van der Waals surface area contributed by atoms with E-state index in [1.54, 1.807) is 7.11 Å². The van der Waals surface area contributed by atoms with Gasteiger partial charge in [0, 0.05) is 44.3 Å². The highest BCUT2D eigenvalue weighted by Gasteiger charge is 2.23. The summed E-state index contributed by atoms with van der Waals surface area (Å²) in [5, 5.41) is 16.4. The van der Waals surface area contributed by atoms with Crippen molar-refractivity contribution in [1.29, 1.82) is 0 Å². The third-order valence-electron chi connectivity index (χ3n) is 3.85. The molecule has 0 spiro atoms. The zero-order valence-corrected chi connectivity index (χ0v) is 14.1. The molecule has 1 aromatic rings. The number of hydrogen-bond donors (Lipinski definition) is 3. The highest BCUT2D eigenvalue weighted by atomic mass is 35.5. The van der Waals surface area contributed by atoms with Gasteiger partial charge >= 0.3 is 0 Å². The fourth-order valence-electron chi connectivity index (χ4n) is 2.60. The van der Waals surface area contributed by atoms with Crippen LogP contribution in [0.5, 0.6) is 5.75 Å². The molecular weight excluding hydrogens is 304 g/mol. The van der Waals surface area contributed by atoms with E-state index >= 15 is 0 Å². The quantitative estimate of drug-likeness (QED) is 0.671. The first-order valence-corrected chi connectivity index (χ1v) is 7.57. The van der Waals surface area contributed by atoms with Crippen LogP contribution in [0.15, 0.2) is 18.2 Å². The molecule has 1 fully saturated rings. The number of ether oxygens (including phenoxy) is 2. The average molecular weight is 331 g/mol. The van der Waals surface area contributed by atoms with E-state index < -0.39 is 0 Å². The number of methoxy groups -OCH3 is 1. The van der Waals surface area contributed by atoms with E-state index in [9.17, 15) is 5.11 Å². The first-order valence-electron chi connectivity index (χ1n) is 7.57. The van der Waals surface area contributed by atoms with Gasteiger partial charge in [-0.05, 0) is 24.6 Å². The number of nitrogens with one attached hydrogen (secondary N) is 2. The molecule has 0 radical (unpaired) electrons. The van der Waals surface area contributed by atoms with Crippen molar-refractivity contribution in [2.45, 2.75) is 26.2 Å². The fourth-order valence-corrected chi connectivity index (χ4v) is 2.60. The van der Waals surface area contributed by atoms with Crippen LogP contribution in [0.4, 0.5) is 0 Å². The summed E-state index contributed by atoms with van der Waals surface area (Å²) >= 11 is 0. The van der Waals surface area contributed by atoms with Gasteiger partial charge in [0.15, 0.2) is 0 Å². The molecule has 0 aromatic heterocycles. The smallest absolute Gasteiger partial charge is 0.124 e. The fraction of sp³-hybridized carbons (Fsp3) is 0.625. The number of aliphatic hydroxyl groups is 1. The summed E-state index contributed by atoms with van der Waals surface area (Å²) in [6.45, 7) is 6.43. The van der Waals surface area contributed by atoms with E-state index in [0.717, 1.165) is 30.9 Å². The lowest BCUT2D eigenvalue weighted by Gasteiger charge is -2.15. The third kappa shape index (κ3) is 5.41. The van der Waals surface area contributed by atoms with Gasteiger partial charge < -0.3 is 25.2 Å². The Bertz CT molecular complexity index is 445. The predicted molar refractivity (Wildman–Crippen MR) is 89.6 cm³/mol. The van der Waals surface area contributed by atoms with Gasteiger partial charge in [0.05, 0.1) is 19.8 Å². The summed E-state index contributed by atoms with van der Waals surface area (Å²) < 4.78 is 10.8. The maximum atomic E-state index is 9.76. The first kappa shape index (κ1) is 19.2. The SMILES string of the molecule is CCOCc1cc(CNCC2CNCC2O)ccc1OC.Cl. The summed E-state index contributed by atoms with van der Waals surface area (Å²) in [5.41, 5.74) is 2.27. The van der Waals surface area contributed by atoms with Crippen LogP contribution in [0.2, 0.25) is 0 Å². The van der Waals surface area contributed by atoms with Crippen molar-refractivity contribution in [2.24, 2.45) is 5.92 Å². The molecule has 0 bridgehead atoms. The Morgan fingerprint density at radius 2 is 2.18 bits per heavy atom. The second-order valence-corrected chi connectivity index (χ2v) is 5.40. The molecule has 1 heterocycles. The van der Waals surface area contributed by atoms with E-state index in [1.165, 1.54) is 5.56 Å². The Hall–Kier alpha value is -0.850. The van der Waals surface area contributed by atoms with Gasteiger partial charge in [-0.3, -0.25) is 0 Å². The van der Waals surface area contributed by atoms with Crippen molar-refractivity contribution in [2.75, 3.05) is 33.4 Å². The number of β-amino-alcohol motifs (C(OH)–C–C–N with tert-alkyl or cyclic N) is 1. The lowest BCUT2D eigenvalue weighted by Crippen LogP contribution is -2.30. The van der Waals surface area contributed by atoms with Crippen LogP contribution in [0.1, 0.15) is 18.1 Å². The summed E-state index contributed by atoms with van der Waals surface area (Å²) in [4.78, 5) is 0. The van der Waals surface area contributed by atoms with E-state index in [-0.39, 0.29) is 18.5 Å². The Morgan fingerprint density at radius 3 is 2.82 bits per heavy atom. The first-order chi connectivity index (χ1) is 10.2. The monoisotopic (exact) mass is 330 g/mol. The van der Waals surface area contributed by atoms with Crippen LogP contribution in [-0.4, -0.2) is 44.6 Å². The lowest BCUT2D eigenvalue weighted by molar-refractivity contribution is 0.132. The minimum atomic E-state index is -0.234. The highest BCUT2D eigenvalue weighted by molar-refractivity contribution is 5.85. The number of halogens is 1. The van der Waals surface area contributed by atoms with Crippen LogP contribution in [0, 0.1) is 5.92 Å². The molecule has 126 valence electrons. The maximum absolute atomic E-state index is 9.76. The van der Waals surface area contributed by atoms with Crippen LogP contribution in [0.25, 0.3) is 0 Å². The topological polar surface area (TPSA) is 62.8 Å². The van der Waals surface area contributed by atoms with Crippen LogP contribution in [0.3, 0.4) is 0 Å². The van der Waals surface area contributed by atoms with Gasteiger partial charge in [-0.15, -0.1) is 12.4 Å². The van der Waals surface area contributed by atoms with E-state index in [4.69, 9.17) is 9.47 Å². The molecule has 1 aromatic carbocycles. The summed E-state index contributed by atoms with van der Waals surface area (Å²) in [5.74, 6) is 1.16. The van der Waals surface area contributed by atoms with Crippen LogP contribution >= 0.6 is 12.4 Å². The average Bonchev–Trinajstić information content (AvgIpc) is 2.91. The van der Waals surface area contributed by atoms with E-state index in [1.807, 2.05) is 13.0 Å². The van der Waals surface area contributed by atoms with Crippen molar-refractivity contribution >= 4 is 12.4 Å².